The number of hydrogen-bond donors (Lipinski definition) is 11. The van der Waals surface area contributed by atoms with E-state index in [0.29, 0.717) is 12.0 Å². The van der Waals surface area contributed by atoms with E-state index >= 15 is 0 Å². The summed E-state index contributed by atoms with van der Waals surface area (Å²) in [5.41, 5.74) is 0.310. The first-order valence-electron chi connectivity index (χ1n) is 16.0. The first kappa shape index (κ1) is 41.1. The van der Waals surface area contributed by atoms with Gasteiger partial charge in [0.1, 0.15) is 79.9 Å². The van der Waals surface area contributed by atoms with E-state index in [2.05, 4.69) is 17.2 Å². The van der Waals surface area contributed by atoms with Crippen molar-refractivity contribution in [3.05, 3.63) is 12.2 Å². The van der Waals surface area contributed by atoms with E-state index in [1.165, 1.54) is 6.92 Å². The van der Waals surface area contributed by atoms with Crippen molar-refractivity contribution in [1.82, 2.24) is 10.6 Å². The van der Waals surface area contributed by atoms with Crippen LogP contribution in [0.5, 0.6) is 0 Å². The van der Waals surface area contributed by atoms with Gasteiger partial charge in [-0.1, -0.05) is 6.58 Å². The minimum Gasteiger partial charge on any atom is -0.477 e. The number of rotatable bonds is 14. The summed E-state index contributed by atoms with van der Waals surface area (Å²) >= 11 is 0. The van der Waals surface area contributed by atoms with Crippen LogP contribution in [0.4, 0.5) is 4.79 Å². The Hall–Kier alpha value is -2.65. The number of aliphatic carboxylic acids is 1. The minimum atomic E-state index is -2.26. The Kier molecular flexibility index (Phi) is 14.1. The van der Waals surface area contributed by atoms with E-state index in [0.717, 1.165) is 6.92 Å². The number of carboxylic acids is 1. The zero-order valence-corrected chi connectivity index (χ0v) is 27.6. The predicted molar refractivity (Wildman–Crippen MR) is 160 cm³/mol. The summed E-state index contributed by atoms with van der Waals surface area (Å²) in [5, 5.41) is 97.9. The standard InChI is InChI=1S/C29H46N2O20/c1-10(2)23(40)30-5-4-6-31-28(43)44-9-13-21(19(39)22-26(47-13)51-29(3,50-22)27(41)42)49-25-18(38)16(36)20(12(8-33)46-25)48-24-17(37)15(35)14(34)11(7-32)45-24/h11-22,24-26,32-39H,1,4-9H2,2-3H3,(H,30,40)(H,31,43)(H,41,42)/t11?,12?,13?,14-,15?,16?,17?,18?,19?,20-,21+,22?,24+,25-,26+,29?/m0/s1. The fraction of sp³-hybridized carbons (Fsp3) is 0.828. The molecule has 0 aliphatic carbocycles. The molecule has 4 heterocycles. The van der Waals surface area contributed by atoms with Gasteiger partial charge in [-0.15, -0.1) is 0 Å². The molecule has 292 valence electrons. The molecule has 4 rings (SSSR count). The van der Waals surface area contributed by atoms with Gasteiger partial charge in [0.2, 0.25) is 5.91 Å². The number of ether oxygens (including phenoxy) is 8. The zero-order valence-electron chi connectivity index (χ0n) is 27.6. The smallest absolute Gasteiger partial charge is 0.407 e. The number of aliphatic hydroxyl groups excluding tert-OH is 8. The lowest BCUT2D eigenvalue weighted by Crippen LogP contribution is -2.66. The van der Waals surface area contributed by atoms with Gasteiger partial charge in [0, 0.05) is 25.6 Å². The highest BCUT2D eigenvalue weighted by Gasteiger charge is 2.60. The Morgan fingerprint density at radius 2 is 1.31 bits per heavy atom. The van der Waals surface area contributed by atoms with Crippen molar-refractivity contribution in [3.8, 4) is 0 Å². The maximum atomic E-state index is 12.4. The lowest BCUT2D eigenvalue weighted by Gasteiger charge is -2.47. The molecular weight excluding hydrogens is 696 g/mol. The first-order valence-corrected chi connectivity index (χ1v) is 16.0. The lowest BCUT2D eigenvalue weighted by atomic mass is 9.96. The number of fused-ring (bicyclic) bond motifs is 1. The third kappa shape index (κ3) is 9.30. The molecule has 16 atom stereocenters. The summed E-state index contributed by atoms with van der Waals surface area (Å²) < 4.78 is 44.1. The van der Waals surface area contributed by atoms with E-state index < -0.39 is 130 Å². The van der Waals surface area contributed by atoms with Gasteiger partial charge in [0.05, 0.1) is 13.2 Å². The number of alkyl carbamates (subject to hydrolysis) is 1. The Bertz CT molecular complexity index is 1220. The predicted octanol–water partition coefficient (Wildman–Crippen LogP) is -5.89. The molecule has 11 N–H and O–H groups in total. The number of amides is 2. The second kappa shape index (κ2) is 17.5. The average Bonchev–Trinajstić information content (AvgIpc) is 3.45. The van der Waals surface area contributed by atoms with Gasteiger partial charge in [-0.2, -0.15) is 0 Å². The van der Waals surface area contributed by atoms with E-state index in [1.54, 1.807) is 0 Å². The van der Waals surface area contributed by atoms with Crippen LogP contribution in [0.25, 0.3) is 0 Å². The van der Waals surface area contributed by atoms with Crippen LogP contribution in [0.3, 0.4) is 0 Å². The van der Waals surface area contributed by atoms with Gasteiger partial charge in [-0.3, -0.25) is 4.79 Å². The largest absolute Gasteiger partial charge is 0.477 e. The van der Waals surface area contributed by atoms with Crippen molar-refractivity contribution >= 4 is 18.0 Å². The van der Waals surface area contributed by atoms with Crippen molar-refractivity contribution in [3.63, 3.8) is 0 Å². The van der Waals surface area contributed by atoms with Gasteiger partial charge in [0.15, 0.2) is 18.9 Å². The lowest BCUT2D eigenvalue weighted by molar-refractivity contribution is -0.374. The van der Waals surface area contributed by atoms with E-state index in [1.807, 2.05) is 0 Å². The van der Waals surface area contributed by atoms with Crippen LogP contribution < -0.4 is 10.6 Å². The molecule has 0 spiro atoms. The van der Waals surface area contributed by atoms with Crippen molar-refractivity contribution in [2.24, 2.45) is 0 Å². The Balaban J connectivity index is 1.44. The van der Waals surface area contributed by atoms with Crippen molar-refractivity contribution < 1.29 is 98.2 Å². The highest BCUT2D eigenvalue weighted by atomic mass is 16.8. The second-order valence-corrected chi connectivity index (χ2v) is 12.5. The Morgan fingerprint density at radius 1 is 0.745 bits per heavy atom. The molecule has 4 aliphatic rings. The summed E-state index contributed by atoms with van der Waals surface area (Å²) in [6, 6.07) is 0. The minimum absolute atomic E-state index is 0.0803. The quantitative estimate of drug-likeness (QED) is 0.0583. The summed E-state index contributed by atoms with van der Waals surface area (Å²) in [4.78, 5) is 35.8. The topological polar surface area (TPSA) is 331 Å². The van der Waals surface area contributed by atoms with Crippen LogP contribution in [0, 0.1) is 0 Å². The first-order chi connectivity index (χ1) is 24.0. The summed E-state index contributed by atoms with van der Waals surface area (Å²) in [5.74, 6) is -4.17. The molecule has 0 saturated carbocycles. The number of carboxylic acid groups (broad SMARTS) is 1. The van der Waals surface area contributed by atoms with Crippen LogP contribution >= 0.6 is 0 Å². The average molecular weight is 743 g/mol. The van der Waals surface area contributed by atoms with E-state index in [9.17, 15) is 60.3 Å². The molecule has 2 amide bonds. The molecule has 0 bridgehead atoms. The van der Waals surface area contributed by atoms with Crippen LogP contribution in [0.1, 0.15) is 20.3 Å². The fourth-order valence-corrected chi connectivity index (χ4v) is 5.69. The number of aliphatic hydroxyl groups is 8. The summed E-state index contributed by atoms with van der Waals surface area (Å²) in [6.45, 7) is 4.09. The summed E-state index contributed by atoms with van der Waals surface area (Å²) in [7, 11) is 0. The molecule has 4 saturated heterocycles. The van der Waals surface area contributed by atoms with E-state index in [4.69, 9.17) is 37.9 Å². The number of hydrogen-bond acceptors (Lipinski definition) is 19. The molecule has 0 aromatic rings. The molecule has 51 heavy (non-hydrogen) atoms. The monoisotopic (exact) mass is 742 g/mol. The molecule has 4 fully saturated rings. The molecule has 0 aromatic carbocycles. The van der Waals surface area contributed by atoms with Gasteiger partial charge >= 0.3 is 12.1 Å². The molecule has 4 aliphatic heterocycles. The summed E-state index contributed by atoms with van der Waals surface area (Å²) in [6.07, 6.45) is -26.1. The second-order valence-electron chi connectivity index (χ2n) is 12.5. The van der Waals surface area contributed by atoms with Gasteiger partial charge < -0.3 is 94.5 Å². The Morgan fingerprint density at radius 3 is 1.90 bits per heavy atom. The highest BCUT2D eigenvalue weighted by molar-refractivity contribution is 5.92. The molecule has 10 unspecified atom stereocenters. The van der Waals surface area contributed by atoms with Gasteiger partial charge in [-0.05, 0) is 13.3 Å². The Labute approximate surface area is 290 Å². The maximum Gasteiger partial charge on any atom is 0.407 e. The molecular formula is C29H46N2O20. The van der Waals surface area contributed by atoms with Crippen LogP contribution in [-0.2, 0) is 47.5 Å². The molecule has 22 heteroatoms. The number of carbonyl (C=O) groups is 3. The molecule has 22 nitrogen and oxygen atoms in total. The highest BCUT2D eigenvalue weighted by Crippen LogP contribution is 2.39. The van der Waals surface area contributed by atoms with Crippen molar-refractivity contribution in [2.75, 3.05) is 32.9 Å². The molecule has 0 radical (unpaired) electrons. The SMILES string of the molecule is C=C(C)C(=O)NCCCNC(=O)OCC1O[C@@H]2OC(C)(C(=O)O)OC2C(O)[C@@H]1O[C@@H]1OC(CO)[C@H](O[C@H]2OC(CO)[C@H](O)C(O)C2O)C(O)C1O. The van der Waals surface area contributed by atoms with Crippen LogP contribution in [0.15, 0.2) is 12.2 Å². The van der Waals surface area contributed by atoms with Crippen molar-refractivity contribution in [2.45, 2.75) is 118 Å². The fourth-order valence-electron chi connectivity index (χ4n) is 5.69. The van der Waals surface area contributed by atoms with Gasteiger partial charge in [0.25, 0.3) is 5.79 Å². The van der Waals surface area contributed by atoms with Crippen LogP contribution in [0.2, 0.25) is 0 Å². The van der Waals surface area contributed by atoms with Gasteiger partial charge in [-0.25, -0.2) is 9.59 Å². The van der Waals surface area contributed by atoms with E-state index in [-0.39, 0.29) is 19.0 Å². The normalized spacial score (nSPS) is 42.4. The third-order valence-electron chi connectivity index (χ3n) is 8.63. The number of nitrogens with one attached hydrogen (secondary N) is 2. The van der Waals surface area contributed by atoms with Crippen molar-refractivity contribution in [1.29, 1.82) is 0 Å². The molecule has 0 aromatic heterocycles. The third-order valence-corrected chi connectivity index (χ3v) is 8.63. The zero-order chi connectivity index (χ0) is 37.8. The van der Waals surface area contributed by atoms with Crippen LogP contribution in [-0.4, -0.2) is 195 Å². The number of carbonyl (C=O) groups excluding carboxylic acids is 2. The maximum absolute atomic E-state index is 12.4.